The summed E-state index contributed by atoms with van der Waals surface area (Å²) >= 11 is 3.45. The van der Waals surface area contributed by atoms with Gasteiger partial charge in [0.2, 0.25) is 0 Å². The van der Waals surface area contributed by atoms with Crippen molar-refractivity contribution in [3.63, 3.8) is 0 Å². The molecular weight excluding hydrogens is 326 g/mol. The monoisotopic (exact) mass is 339 g/mol. The van der Waals surface area contributed by atoms with Crippen LogP contribution in [-0.4, -0.2) is 29.0 Å². The maximum absolute atomic E-state index is 12.2. The highest BCUT2D eigenvalue weighted by atomic mass is 79.9. The minimum Gasteiger partial charge on any atom is -0.461 e. The van der Waals surface area contributed by atoms with E-state index in [1.165, 1.54) is 0 Å². The molecule has 1 saturated carbocycles. The van der Waals surface area contributed by atoms with Crippen LogP contribution in [0.3, 0.4) is 0 Å². The Morgan fingerprint density at radius 2 is 2.15 bits per heavy atom. The molecule has 0 spiro atoms. The number of halogens is 1. The molecule has 20 heavy (non-hydrogen) atoms. The summed E-state index contributed by atoms with van der Waals surface area (Å²) in [6, 6.07) is 9.21. The predicted octanol–water partition coefficient (Wildman–Crippen LogP) is 1.99. The van der Waals surface area contributed by atoms with E-state index >= 15 is 0 Å². The molecule has 0 radical (unpaired) electrons. The first-order valence-corrected chi connectivity index (χ1v) is 7.38. The Hall–Kier alpha value is -1.56. The van der Waals surface area contributed by atoms with E-state index in [-0.39, 0.29) is 35.5 Å². The summed E-state index contributed by atoms with van der Waals surface area (Å²) in [5.41, 5.74) is 0.942. The predicted molar refractivity (Wildman–Crippen MR) is 74.3 cm³/mol. The van der Waals surface area contributed by atoms with E-state index in [4.69, 9.17) is 9.47 Å². The van der Waals surface area contributed by atoms with Crippen molar-refractivity contribution in [2.24, 2.45) is 5.92 Å². The molecule has 2 fully saturated rings. The van der Waals surface area contributed by atoms with Crippen molar-refractivity contribution >= 4 is 28.0 Å². The van der Waals surface area contributed by atoms with Crippen molar-refractivity contribution in [2.45, 2.75) is 30.0 Å². The van der Waals surface area contributed by atoms with E-state index in [1.807, 2.05) is 30.3 Å². The van der Waals surface area contributed by atoms with Gasteiger partial charge in [-0.3, -0.25) is 4.79 Å². The first kappa shape index (κ1) is 13.4. The maximum atomic E-state index is 12.2. The Morgan fingerprint density at radius 3 is 2.90 bits per heavy atom. The number of benzene rings is 1. The third-order valence-corrected chi connectivity index (χ3v) is 4.57. The lowest BCUT2D eigenvalue weighted by molar-refractivity contribution is -0.150. The highest BCUT2D eigenvalue weighted by molar-refractivity contribution is 9.09. The zero-order valence-electron chi connectivity index (χ0n) is 10.6. The van der Waals surface area contributed by atoms with Crippen LogP contribution in [0.1, 0.15) is 12.0 Å². The van der Waals surface area contributed by atoms with E-state index < -0.39 is 6.09 Å². The van der Waals surface area contributed by atoms with Crippen molar-refractivity contribution < 1.29 is 19.1 Å². The first-order chi connectivity index (χ1) is 9.65. The number of carbonyl (C=O) groups excluding carboxylic acids is 2. The zero-order chi connectivity index (χ0) is 14.1. The number of alkyl halides is 1. The summed E-state index contributed by atoms with van der Waals surface area (Å²) in [7, 11) is 0. The van der Waals surface area contributed by atoms with Gasteiger partial charge in [-0.2, -0.15) is 0 Å². The van der Waals surface area contributed by atoms with E-state index in [0.717, 1.165) is 5.56 Å². The number of carbonyl (C=O) groups is 2. The number of rotatable bonds is 3. The molecule has 1 unspecified atom stereocenters. The van der Waals surface area contributed by atoms with Gasteiger partial charge < -0.3 is 14.8 Å². The third kappa shape index (κ3) is 2.52. The van der Waals surface area contributed by atoms with Crippen LogP contribution in [0.4, 0.5) is 4.79 Å². The molecule has 4 atom stereocenters. The summed E-state index contributed by atoms with van der Waals surface area (Å²) in [5, 5.41) is 2.68. The second-order valence-corrected chi connectivity index (χ2v) is 6.17. The molecule has 6 heteroatoms. The molecule has 1 aromatic carbocycles. The summed E-state index contributed by atoms with van der Waals surface area (Å²) in [5.74, 6) is -0.656. The molecular formula is C14H14BrNO4. The standard InChI is InChI=1S/C14H14BrNO4/c15-10-6-9(11-12(10)20-14(18)16-11)13(17)19-7-8-4-2-1-3-5-8/h1-5,9-12H,6-7H2,(H,16,18)/t9?,10-,11-,12+/m0/s1. The van der Waals surface area contributed by atoms with Gasteiger partial charge in [0, 0.05) is 0 Å². The fourth-order valence-electron chi connectivity index (χ4n) is 2.68. The van der Waals surface area contributed by atoms with Crippen molar-refractivity contribution in [3.8, 4) is 0 Å². The van der Waals surface area contributed by atoms with Gasteiger partial charge in [0.15, 0.2) is 0 Å². The molecule has 3 rings (SSSR count). The van der Waals surface area contributed by atoms with E-state index in [9.17, 15) is 9.59 Å². The number of alkyl carbamates (subject to hydrolysis) is 1. The Kier molecular flexibility index (Phi) is 3.65. The Balaban J connectivity index is 1.61. The quantitative estimate of drug-likeness (QED) is 0.675. The lowest BCUT2D eigenvalue weighted by atomic mass is 10.0. The number of amides is 1. The normalized spacial score (nSPS) is 31.4. The molecule has 0 aromatic heterocycles. The van der Waals surface area contributed by atoms with Gasteiger partial charge in [0.1, 0.15) is 12.7 Å². The summed E-state index contributed by atoms with van der Waals surface area (Å²) < 4.78 is 10.5. The lowest BCUT2D eigenvalue weighted by Gasteiger charge is -2.15. The zero-order valence-corrected chi connectivity index (χ0v) is 12.2. The fourth-order valence-corrected chi connectivity index (χ4v) is 3.52. The van der Waals surface area contributed by atoms with Crippen LogP contribution >= 0.6 is 15.9 Å². The van der Waals surface area contributed by atoms with Gasteiger partial charge in [-0.15, -0.1) is 0 Å². The van der Waals surface area contributed by atoms with Crippen LogP contribution < -0.4 is 5.32 Å². The maximum Gasteiger partial charge on any atom is 0.407 e. The number of esters is 1. The number of nitrogens with one attached hydrogen (secondary N) is 1. The van der Waals surface area contributed by atoms with Crippen LogP contribution in [0.15, 0.2) is 30.3 Å². The van der Waals surface area contributed by atoms with E-state index in [1.54, 1.807) is 0 Å². The highest BCUT2D eigenvalue weighted by Crippen LogP contribution is 2.37. The van der Waals surface area contributed by atoms with Crippen LogP contribution in [-0.2, 0) is 20.9 Å². The van der Waals surface area contributed by atoms with Crippen molar-refractivity contribution in [1.82, 2.24) is 5.32 Å². The second-order valence-electron chi connectivity index (χ2n) is 4.99. The van der Waals surface area contributed by atoms with E-state index in [2.05, 4.69) is 21.2 Å². The van der Waals surface area contributed by atoms with Crippen molar-refractivity contribution in [1.29, 1.82) is 0 Å². The average molecular weight is 340 g/mol. The minimum atomic E-state index is -0.468. The lowest BCUT2D eigenvalue weighted by Crippen LogP contribution is -2.38. The first-order valence-electron chi connectivity index (χ1n) is 6.47. The summed E-state index contributed by atoms with van der Waals surface area (Å²) in [6.45, 7) is 0.245. The Bertz CT molecular complexity index is 521. The topological polar surface area (TPSA) is 64.6 Å². The van der Waals surface area contributed by atoms with Gasteiger partial charge in [-0.25, -0.2) is 4.79 Å². The van der Waals surface area contributed by atoms with Gasteiger partial charge in [0.05, 0.1) is 16.8 Å². The van der Waals surface area contributed by atoms with Crippen LogP contribution in [0.25, 0.3) is 0 Å². The molecule has 1 amide bonds. The molecule has 1 heterocycles. The van der Waals surface area contributed by atoms with Crippen molar-refractivity contribution in [3.05, 3.63) is 35.9 Å². The van der Waals surface area contributed by atoms with Gasteiger partial charge in [-0.05, 0) is 12.0 Å². The smallest absolute Gasteiger partial charge is 0.407 e. The van der Waals surface area contributed by atoms with Gasteiger partial charge in [0.25, 0.3) is 0 Å². The molecule has 5 nitrogen and oxygen atoms in total. The summed E-state index contributed by atoms with van der Waals surface area (Å²) in [4.78, 5) is 23.4. The highest BCUT2D eigenvalue weighted by Gasteiger charge is 2.53. The molecule has 0 bridgehead atoms. The molecule has 106 valence electrons. The fraction of sp³-hybridized carbons (Fsp3) is 0.429. The molecule has 1 aromatic rings. The third-order valence-electron chi connectivity index (χ3n) is 3.68. The van der Waals surface area contributed by atoms with Crippen molar-refractivity contribution in [2.75, 3.05) is 0 Å². The number of fused-ring (bicyclic) bond motifs is 1. The molecule has 1 aliphatic heterocycles. The van der Waals surface area contributed by atoms with Gasteiger partial charge >= 0.3 is 12.1 Å². The SMILES string of the molecule is O=C1N[C@H]2C(C(=O)OCc3ccccc3)C[C@H](Br)[C@H]2O1. The Morgan fingerprint density at radius 1 is 1.40 bits per heavy atom. The molecule has 1 N–H and O–H groups in total. The molecule has 2 aliphatic rings. The largest absolute Gasteiger partial charge is 0.461 e. The number of hydrogen-bond donors (Lipinski definition) is 1. The number of hydrogen-bond acceptors (Lipinski definition) is 4. The molecule has 1 saturated heterocycles. The minimum absolute atomic E-state index is 0.0132. The van der Waals surface area contributed by atoms with E-state index in [0.29, 0.717) is 6.42 Å². The van der Waals surface area contributed by atoms with Gasteiger partial charge in [-0.1, -0.05) is 46.3 Å². The van der Waals surface area contributed by atoms with Crippen LogP contribution in [0.2, 0.25) is 0 Å². The van der Waals surface area contributed by atoms with Crippen LogP contribution in [0.5, 0.6) is 0 Å². The van der Waals surface area contributed by atoms with Crippen LogP contribution in [0, 0.1) is 5.92 Å². The Labute approximate surface area is 124 Å². The second kappa shape index (κ2) is 5.44. The average Bonchev–Trinajstić information content (AvgIpc) is 2.97. The number of ether oxygens (including phenoxy) is 2. The molecule has 1 aliphatic carbocycles. The summed E-state index contributed by atoms with van der Waals surface area (Å²) in [6.07, 6.45) is -0.162.